The molecule has 0 aliphatic carbocycles. The molecule has 102 valence electrons. The minimum Gasteiger partial charge on any atom is -0.202 e. The zero-order valence-electron chi connectivity index (χ0n) is 12.3. The van der Waals surface area contributed by atoms with Gasteiger partial charge in [-0.25, -0.2) is 4.57 Å². The molecule has 18 heavy (non-hydrogen) atoms. The van der Waals surface area contributed by atoms with E-state index in [-0.39, 0.29) is 0 Å². The smallest absolute Gasteiger partial charge is 0.169 e. The summed E-state index contributed by atoms with van der Waals surface area (Å²) in [6.07, 6.45) is 16.8. The Hall–Kier alpha value is -0.850. The average Bonchev–Trinajstić information content (AvgIpc) is 2.43. The summed E-state index contributed by atoms with van der Waals surface area (Å²) in [5.74, 6) is 0. The second-order valence-corrected chi connectivity index (χ2v) is 5.29. The zero-order valence-corrected chi connectivity index (χ0v) is 12.3. The van der Waals surface area contributed by atoms with Crippen molar-refractivity contribution in [3.8, 4) is 0 Å². The summed E-state index contributed by atoms with van der Waals surface area (Å²) in [4.78, 5) is 0. The maximum Gasteiger partial charge on any atom is 0.169 e. The number of rotatable bonds is 10. The molecule has 1 heteroatoms. The summed E-state index contributed by atoms with van der Waals surface area (Å²) in [6.45, 7) is 4.58. The van der Waals surface area contributed by atoms with E-state index in [0.717, 1.165) is 0 Å². The number of nitrogens with zero attached hydrogens (tertiary/aromatic N) is 1. The van der Waals surface area contributed by atoms with Gasteiger partial charge >= 0.3 is 0 Å². The highest BCUT2D eigenvalue weighted by Gasteiger charge is 2.14. The van der Waals surface area contributed by atoms with Crippen LogP contribution >= 0.6 is 0 Å². The van der Waals surface area contributed by atoms with Crippen molar-refractivity contribution in [1.82, 2.24) is 0 Å². The molecule has 0 aromatic carbocycles. The van der Waals surface area contributed by atoms with E-state index in [1.807, 2.05) is 0 Å². The maximum absolute atomic E-state index is 2.37. The highest BCUT2D eigenvalue weighted by atomic mass is 15.0. The zero-order chi connectivity index (χ0) is 13.1. The molecule has 0 spiro atoms. The SMILES string of the molecule is CCCCCCCCCC(CC)[n+]1ccccc1. The van der Waals surface area contributed by atoms with Gasteiger partial charge in [-0.3, -0.25) is 0 Å². The standard InChI is InChI=1S/C17H30N/c1-3-5-6-7-8-9-11-14-17(4-2)18-15-12-10-13-16-18/h10,12-13,15-17H,3-9,11,14H2,1-2H3/q+1. The third-order valence-corrected chi connectivity index (χ3v) is 3.77. The highest BCUT2D eigenvalue weighted by molar-refractivity contribution is 4.84. The number of hydrogen-bond donors (Lipinski definition) is 0. The van der Waals surface area contributed by atoms with Crippen molar-refractivity contribution in [3.63, 3.8) is 0 Å². The molecule has 1 nitrogen and oxygen atoms in total. The second kappa shape index (κ2) is 10.1. The van der Waals surface area contributed by atoms with Crippen LogP contribution in [0, 0.1) is 0 Å². The maximum atomic E-state index is 2.37. The molecule has 0 fully saturated rings. The molecular weight excluding hydrogens is 218 g/mol. The molecule has 1 atom stereocenters. The van der Waals surface area contributed by atoms with Gasteiger partial charge in [0.25, 0.3) is 0 Å². The van der Waals surface area contributed by atoms with Crippen molar-refractivity contribution in [2.45, 2.75) is 77.7 Å². The predicted molar refractivity (Wildman–Crippen MR) is 78.6 cm³/mol. The van der Waals surface area contributed by atoms with Crippen LogP contribution in [0.15, 0.2) is 30.6 Å². The van der Waals surface area contributed by atoms with E-state index >= 15 is 0 Å². The Morgan fingerprint density at radius 1 is 0.778 bits per heavy atom. The third kappa shape index (κ3) is 6.18. The molecule has 0 amide bonds. The van der Waals surface area contributed by atoms with Crippen molar-refractivity contribution < 1.29 is 4.57 Å². The predicted octanol–water partition coefficient (Wildman–Crippen LogP) is 5.07. The topological polar surface area (TPSA) is 3.88 Å². The first kappa shape index (κ1) is 15.2. The van der Waals surface area contributed by atoms with Crippen LogP contribution in [0.3, 0.4) is 0 Å². The molecule has 1 aromatic heterocycles. The summed E-state index contributed by atoms with van der Waals surface area (Å²) in [7, 11) is 0. The number of aromatic nitrogens is 1. The van der Waals surface area contributed by atoms with Crippen LogP contribution in [0.5, 0.6) is 0 Å². The van der Waals surface area contributed by atoms with Crippen molar-refractivity contribution in [3.05, 3.63) is 30.6 Å². The van der Waals surface area contributed by atoms with Crippen LogP contribution in [0.2, 0.25) is 0 Å². The fraction of sp³-hybridized carbons (Fsp3) is 0.706. The summed E-state index contributed by atoms with van der Waals surface area (Å²) in [5, 5.41) is 0. The Kier molecular flexibility index (Phi) is 8.54. The molecule has 1 rings (SSSR count). The monoisotopic (exact) mass is 248 g/mol. The molecular formula is C17H30N+. The number of pyridine rings is 1. The first-order valence-corrected chi connectivity index (χ1v) is 7.84. The van der Waals surface area contributed by atoms with Crippen molar-refractivity contribution >= 4 is 0 Å². The van der Waals surface area contributed by atoms with E-state index in [1.165, 1.54) is 57.8 Å². The Morgan fingerprint density at radius 3 is 2.00 bits per heavy atom. The Balaban J connectivity index is 2.13. The van der Waals surface area contributed by atoms with Gasteiger partial charge in [0.05, 0.1) is 0 Å². The fourth-order valence-corrected chi connectivity index (χ4v) is 2.56. The second-order valence-electron chi connectivity index (χ2n) is 5.29. The molecule has 0 radical (unpaired) electrons. The van der Waals surface area contributed by atoms with Crippen molar-refractivity contribution in [1.29, 1.82) is 0 Å². The van der Waals surface area contributed by atoms with Crippen LogP contribution in [0.1, 0.15) is 77.7 Å². The van der Waals surface area contributed by atoms with Gasteiger partial charge in [-0.15, -0.1) is 0 Å². The van der Waals surface area contributed by atoms with Crippen LogP contribution in [-0.2, 0) is 0 Å². The lowest BCUT2D eigenvalue weighted by Gasteiger charge is -2.09. The summed E-state index contributed by atoms with van der Waals surface area (Å²) < 4.78 is 2.37. The molecule has 1 aromatic rings. The van der Waals surface area contributed by atoms with Gasteiger partial charge in [0.15, 0.2) is 18.4 Å². The molecule has 1 heterocycles. The van der Waals surface area contributed by atoms with E-state index in [9.17, 15) is 0 Å². The molecule has 0 aliphatic rings. The Morgan fingerprint density at radius 2 is 1.39 bits per heavy atom. The largest absolute Gasteiger partial charge is 0.202 e. The van der Waals surface area contributed by atoms with Crippen molar-refractivity contribution in [2.75, 3.05) is 0 Å². The van der Waals surface area contributed by atoms with Crippen molar-refractivity contribution in [2.24, 2.45) is 0 Å². The van der Waals surface area contributed by atoms with Gasteiger partial charge in [-0.05, 0) is 6.42 Å². The number of hydrogen-bond acceptors (Lipinski definition) is 0. The van der Waals surface area contributed by atoms with Gasteiger partial charge in [0.2, 0.25) is 0 Å². The third-order valence-electron chi connectivity index (χ3n) is 3.77. The normalized spacial score (nSPS) is 12.6. The first-order valence-electron chi connectivity index (χ1n) is 7.84. The summed E-state index contributed by atoms with van der Waals surface area (Å²) in [5.41, 5.74) is 0. The molecule has 0 N–H and O–H groups in total. The molecule has 0 bridgehead atoms. The van der Waals surface area contributed by atoms with E-state index in [4.69, 9.17) is 0 Å². The van der Waals surface area contributed by atoms with E-state index < -0.39 is 0 Å². The lowest BCUT2D eigenvalue weighted by Crippen LogP contribution is -2.38. The number of unbranched alkanes of at least 4 members (excludes halogenated alkanes) is 6. The van der Waals surface area contributed by atoms with E-state index in [1.54, 1.807) is 0 Å². The Labute approximate surface area is 113 Å². The minimum absolute atomic E-state index is 0.696. The molecule has 0 saturated heterocycles. The van der Waals surface area contributed by atoms with E-state index in [2.05, 4.69) is 49.0 Å². The fourth-order valence-electron chi connectivity index (χ4n) is 2.56. The van der Waals surface area contributed by atoms with Gasteiger partial charge in [0, 0.05) is 25.0 Å². The average molecular weight is 248 g/mol. The quantitative estimate of drug-likeness (QED) is 0.402. The van der Waals surface area contributed by atoms with E-state index in [0.29, 0.717) is 6.04 Å². The van der Waals surface area contributed by atoms with Gasteiger partial charge in [0.1, 0.15) is 0 Å². The summed E-state index contributed by atoms with van der Waals surface area (Å²) >= 11 is 0. The lowest BCUT2D eigenvalue weighted by molar-refractivity contribution is -0.724. The van der Waals surface area contributed by atoms with Gasteiger partial charge < -0.3 is 0 Å². The molecule has 1 unspecified atom stereocenters. The molecule has 0 saturated carbocycles. The highest BCUT2D eigenvalue weighted by Crippen LogP contribution is 2.15. The van der Waals surface area contributed by atoms with Gasteiger partial charge in [-0.2, -0.15) is 0 Å². The van der Waals surface area contributed by atoms with Crippen LogP contribution in [-0.4, -0.2) is 0 Å². The first-order chi connectivity index (χ1) is 8.88. The Bertz CT molecular complexity index is 281. The van der Waals surface area contributed by atoms with Crippen LogP contribution in [0.25, 0.3) is 0 Å². The summed E-state index contributed by atoms with van der Waals surface area (Å²) in [6, 6.07) is 7.06. The van der Waals surface area contributed by atoms with Gasteiger partial charge in [-0.1, -0.05) is 58.4 Å². The van der Waals surface area contributed by atoms with Crippen LogP contribution < -0.4 is 4.57 Å². The van der Waals surface area contributed by atoms with Crippen LogP contribution in [0.4, 0.5) is 0 Å². The lowest BCUT2D eigenvalue weighted by atomic mass is 10.0. The molecule has 0 aliphatic heterocycles. The minimum atomic E-state index is 0.696.